The molecule has 0 atom stereocenters. The van der Waals surface area contributed by atoms with E-state index in [1.165, 1.54) is 18.2 Å². The van der Waals surface area contributed by atoms with E-state index in [9.17, 15) is 19.5 Å². The zero-order valence-electron chi connectivity index (χ0n) is 17.0. The van der Waals surface area contributed by atoms with Gasteiger partial charge in [-0.3, -0.25) is 9.69 Å². The van der Waals surface area contributed by atoms with Crippen molar-refractivity contribution in [2.45, 2.75) is 20.4 Å². The molecule has 1 aliphatic rings. The Balaban J connectivity index is 1.54. The monoisotopic (exact) mass is 415 g/mol. The van der Waals surface area contributed by atoms with Gasteiger partial charge >= 0.3 is 6.03 Å². The van der Waals surface area contributed by atoms with Crippen molar-refractivity contribution in [2.24, 2.45) is 0 Å². The predicted molar refractivity (Wildman–Crippen MR) is 111 cm³/mol. The number of rotatable bonds is 5. The number of hydrogen-bond donors (Lipinski definition) is 1. The predicted octanol–water partition coefficient (Wildman–Crippen LogP) is 3.02. The number of carbonyl (C=O) groups is 3. The zero-order valence-corrected chi connectivity index (χ0v) is 17.0. The number of amides is 3. The second kappa shape index (κ2) is 7.95. The van der Waals surface area contributed by atoms with E-state index in [0.29, 0.717) is 17.1 Å². The molecular formula is C24H19N2O5-. The lowest BCUT2D eigenvalue weighted by molar-refractivity contribution is -0.255. The van der Waals surface area contributed by atoms with Gasteiger partial charge in [0.25, 0.3) is 5.91 Å². The van der Waals surface area contributed by atoms with Gasteiger partial charge in [-0.2, -0.15) is 0 Å². The molecule has 0 aliphatic carbocycles. The zero-order chi connectivity index (χ0) is 22.1. The minimum Gasteiger partial charge on any atom is -0.545 e. The molecule has 1 N–H and O–H groups in total. The first-order valence-corrected chi connectivity index (χ1v) is 9.64. The fourth-order valence-electron chi connectivity index (χ4n) is 3.38. The van der Waals surface area contributed by atoms with Crippen molar-refractivity contribution in [3.8, 4) is 11.3 Å². The molecule has 4 rings (SSSR count). The maximum Gasteiger partial charge on any atom is 0.329 e. The summed E-state index contributed by atoms with van der Waals surface area (Å²) in [6.07, 6.45) is 1.48. The van der Waals surface area contributed by atoms with Gasteiger partial charge in [-0.25, -0.2) is 4.79 Å². The molecule has 156 valence electrons. The Kier molecular flexibility index (Phi) is 5.17. The molecule has 0 bridgehead atoms. The average molecular weight is 415 g/mol. The molecule has 0 spiro atoms. The number of hydrogen-bond acceptors (Lipinski definition) is 5. The van der Waals surface area contributed by atoms with Crippen LogP contribution in [0.4, 0.5) is 4.79 Å². The van der Waals surface area contributed by atoms with Crippen LogP contribution in [0.5, 0.6) is 0 Å². The summed E-state index contributed by atoms with van der Waals surface area (Å²) >= 11 is 0. The third kappa shape index (κ3) is 4.11. The highest BCUT2D eigenvalue weighted by Gasteiger charge is 2.33. The molecule has 31 heavy (non-hydrogen) atoms. The number of carboxylic acids is 1. The molecule has 3 aromatic rings. The van der Waals surface area contributed by atoms with Gasteiger partial charge < -0.3 is 19.6 Å². The van der Waals surface area contributed by atoms with Gasteiger partial charge in [0.1, 0.15) is 17.2 Å². The van der Waals surface area contributed by atoms with Gasteiger partial charge in [-0.15, -0.1) is 0 Å². The fourth-order valence-corrected chi connectivity index (χ4v) is 3.38. The van der Waals surface area contributed by atoms with E-state index in [4.69, 9.17) is 4.42 Å². The molecule has 0 radical (unpaired) electrons. The largest absolute Gasteiger partial charge is 0.545 e. The van der Waals surface area contributed by atoms with Gasteiger partial charge in [-0.05, 0) is 48.7 Å². The summed E-state index contributed by atoms with van der Waals surface area (Å²) < 4.78 is 5.80. The smallest absolute Gasteiger partial charge is 0.329 e. The summed E-state index contributed by atoms with van der Waals surface area (Å²) in [5, 5.41) is 13.6. The van der Waals surface area contributed by atoms with E-state index >= 15 is 0 Å². The highest BCUT2D eigenvalue weighted by atomic mass is 16.4. The van der Waals surface area contributed by atoms with Crippen LogP contribution in [0.25, 0.3) is 17.4 Å². The number of urea groups is 1. The van der Waals surface area contributed by atoms with Gasteiger partial charge in [0.2, 0.25) is 0 Å². The summed E-state index contributed by atoms with van der Waals surface area (Å²) in [7, 11) is 0. The summed E-state index contributed by atoms with van der Waals surface area (Å²) in [6.45, 7) is 3.91. The molecule has 1 aliphatic heterocycles. The molecule has 0 unspecified atom stereocenters. The fraction of sp³-hybridized carbons (Fsp3) is 0.125. The van der Waals surface area contributed by atoms with Crippen molar-refractivity contribution in [2.75, 3.05) is 0 Å². The quantitative estimate of drug-likeness (QED) is 0.510. The molecule has 7 heteroatoms. The highest BCUT2D eigenvalue weighted by Crippen LogP contribution is 2.27. The lowest BCUT2D eigenvalue weighted by Gasteiger charge is -2.11. The molecular weight excluding hydrogens is 396 g/mol. The number of nitrogens with zero attached hydrogens (tertiary/aromatic N) is 1. The topological polar surface area (TPSA) is 103 Å². The van der Waals surface area contributed by atoms with Crippen molar-refractivity contribution in [1.29, 1.82) is 0 Å². The lowest BCUT2D eigenvalue weighted by atomic mass is 10.0. The Morgan fingerprint density at radius 1 is 1.06 bits per heavy atom. The van der Waals surface area contributed by atoms with E-state index in [2.05, 4.69) is 5.32 Å². The Hall–Kier alpha value is -4.13. The minimum absolute atomic E-state index is 0.0862. The van der Waals surface area contributed by atoms with Gasteiger partial charge in [-0.1, -0.05) is 42.0 Å². The Morgan fingerprint density at radius 3 is 2.48 bits per heavy atom. The number of aryl methyl sites for hydroxylation is 2. The molecule has 2 aromatic carbocycles. The van der Waals surface area contributed by atoms with Crippen LogP contribution in [0.1, 0.15) is 32.8 Å². The third-order valence-corrected chi connectivity index (χ3v) is 5.06. The van der Waals surface area contributed by atoms with Crippen molar-refractivity contribution in [3.63, 3.8) is 0 Å². The van der Waals surface area contributed by atoms with Crippen LogP contribution in [0, 0.1) is 13.8 Å². The number of furan rings is 1. The third-order valence-electron chi connectivity index (χ3n) is 5.06. The first-order valence-electron chi connectivity index (χ1n) is 9.64. The van der Waals surface area contributed by atoms with Crippen LogP contribution in [-0.4, -0.2) is 22.8 Å². The van der Waals surface area contributed by atoms with Gasteiger partial charge in [0, 0.05) is 11.6 Å². The maximum absolute atomic E-state index is 12.7. The molecule has 7 nitrogen and oxygen atoms in total. The van der Waals surface area contributed by atoms with Crippen molar-refractivity contribution in [1.82, 2.24) is 10.2 Å². The van der Waals surface area contributed by atoms with Crippen LogP contribution in [0.3, 0.4) is 0 Å². The second-order valence-corrected chi connectivity index (χ2v) is 7.38. The maximum atomic E-state index is 12.7. The summed E-state index contributed by atoms with van der Waals surface area (Å²) in [5.74, 6) is -0.773. The van der Waals surface area contributed by atoms with Gasteiger partial charge in [0.15, 0.2) is 0 Å². The highest BCUT2D eigenvalue weighted by molar-refractivity contribution is 6.13. The van der Waals surface area contributed by atoms with Crippen molar-refractivity contribution >= 4 is 24.0 Å². The van der Waals surface area contributed by atoms with Crippen LogP contribution >= 0.6 is 0 Å². The Morgan fingerprint density at radius 2 is 1.81 bits per heavy atom. The Bertz CT molecular complexity index is 1220. The minimum atomic E-state index is -1.25. The number of imide groups is 1. The summed E-state index contributed by atoms with van der Waals surface area (Å²) in [4.78, 5) is 37.1. The number of nitrogens with one attached hydrogen (secondary N) is 1. The first-order chi connectivity index (χ1) is 14.8. The molecule has 2 heterocycles. The van der Waals surface area contributed by atoms with E-state index in [-0.39, 0.29) is 17.8 Å². The van der Waals surface area contributed by atoms with Crippen LogP contribution in [0.15, 0.2) is 64.7 Å². The standard InChI is InChI=1S/C24H20N2O5/c1-14-3-5-16(6-4-14)13-26-22(27)20(25-24(26)30)12-18-8-10-21(31-18)19-9-7-17(23(28)29)11-15(19)2/h3-12H,13H2,1-2H3,(H,25,30)(H,28,29)/p-1/b20-12-. The number of aromatic carboxylic acids is 1. The number of benzene rings is 2. The first kappa shape index (κ1) is 20.2. The molecule has 0 saturated carbocycles. The van der Waals surface area contributed by atoms with E-state index < -0.39 is 17.9 Å². The number of carbonyl (C=O) groups excluding carboxylic acids is 3. The Labute approximate surface area is 178 Å². The van der Waals surface area contributed by atoms with Crippen molar-refractivity contribution < 1.29 is 23.9 Å². The lowest BCUT2D eigenvalue weighted by Crippen LogP contribution is -2.30. The van der Waals surface area contributed by atoms with Crippen LogP contribution < -0.4 is 10.4 Å². The van der Waals surface area contributed by atoms with E-state index in [1.54, 1.807) is 25.1 Å². The SMILES string of the molecule is Cc1ccc(CN2C(=O)N/C(=C\c3ccc(-c4ccc(C(=O)[O-])cc4C)o3)C2=O)cc1. The van der Waals surface area contributed by atoms with Gasteiger partial charge in [0.05, 0.1) is 12.5 Å². The molecule has 1 saturated heterocycles. The van der Waals surface area contributed by atoms with E-state index in [1.807, 2.05) is 31.2 Å². The molecule has 1 aromatic heterocycles. The second-order valence-electron chi connectivity index (χ2n) is 7.38. The average Bonchev–Trinajstić information content (AvgIpc) is 3.29. The summed E-state index contributed by atoms with van der Waals surface area (Å²) in [5.41, 5.74) is 3.60. The summed E-state index contributed by atoms with van der Waals surface area (Å²) in [6, 6.07) is 15.1. The van der Waals surface area contributed by atoms with Crippen LogP contribution in [0.2, 0.25) is 0 Å². The number of carboxylic acid groups (broad SMARTS) is 1. The van der Waals surface area contributed by atoms with E-state index in [0.717, 1.165) is 21.6 Å². The normalized spacial score (nSPS) is 14.9. The van der Waals surface area contributed by atoms with Crippen molar-refractivity contribution in [3.05, 3.63) is 88.3 Å². The molecule has 3 amide bonds. The van der Waals surface area contributed by atoms with Crippen LogP contribution in [-0.2, 0) is 11.3 Å². The molecule has 1 fully saturated rings.